The van der Waals surface area contributed by atoms with E-state index in [1.165, 1.54) is 50.5 Å². The van der Waals surface area contributed by atoms with Crippen molar-refractivity contribution < 1.29 is 81.7 Å². The minimum atomic E-state index is -2.83. The molecule has 19 heteroatoms. The van der Waals surface area contributed by atoms with E-state index in [2.05, 4.69) is 9.97 Å². The average Bonchev–Trinajstić information content (AvgIpc) is 3.39. The van der Waals surface area contributed by atoms with Gasteiger partial charge in [-0.3, -0.25) is 33.9 Å². The number of cyclic esters (lactones) is 1. The molecule has 2 aliphatic heterocycles. The highest BCUT2D eigenvalue weighted by Gasteiger charge is 2.91. The molecule has 1 spiro atoms. The molecule has 2 aromatic heterocycles. The quantitative estimate of drug-likeness (QED) is 0.293. The lowest BCUT2D eigenvalue weighted by Gasteiger charge is -2.67. The number of carbonyl (C=O) groups excluding carboxylic acids is 7. The van der Waals surface area contributed by atoms with Gasteiger partial charge in [-0.15, -0.1) is 0 Å². The molecule has 4 heterocycles. The average molecular weight is 827 g/mol. The number of rotatable bonds is 7. The zero-order valence-corrected chi connectivity index (χ0v) is 33.6. The molecule has 19 nitrogen and oxygen atoms in total. The van der Waals surface area contributed by atoms with Crippen molar-refractivity contribution in [3.05, 3.63) is 59.7 Å². The largest absolute Gasteiger partial charge is 0.465 e. The number of hydrogen-bond acceptors (Lipinski definition) is 19. The Morgan fingerprint density at radius 3 is 2.10 bits per heavy atom. The summed E-state index contributed by atoms with van der Waals surface area (Å²) in [4.78, 5) is 103. The second kappa shape index (κ2) is 15.6. The minimum absolute atomic E-state index is 0.0379. The van der Waals surface area contributed by atoms with Gasteiger partial charge in [0.05, 0.1) is 28.7 Å². The summed E-state index contributed by atoms with van der Waals surface area (Å²) in [5.41, 5.74) is -10.4. The number of esters is 7. The number of fused-ring (bicyclic) bond motifs is 5. The summed E-state index contributed by atoms with van der Waals surface area (Å²) < 4.78 is 48.7. The molecule has 0 aromatic carbocycles. The monoisotopic (exact) mass is 826 g/mol. The summed E-state index contributed by atoms with van der Waals surface area (Å²) in [6, 6.07) is 5.63. The van der Waals surface area contributed by atoms with Crippen LogP contribution in [0.15, 0.2) is 42.9 Å². The van der Waals surface area contributed by atoms with Crippen molar-refractivity contribution in [3.63, 3.8) is 0 Å². The van der Waals surface area contributed by atoms with Crippen molar-refractivity contribution >= 4 is 41.8 Å². The van der Waals surface area contributed by atoms with E-state index >= 15 is 0 Å². The molecule has 4 aliphatic rings. The van der Waals surface area contributed by atoms with E-state index < -0.39 is 132 Å². The predicted molar refractivity (Wildman–Crippen MR) is 193 cm³/mol. The zero-order valence-electron chi connectivity index (χ0n) is 33.6. The van der Waals surface area contributed by atoms with E-state index in [9.17, 15) is 43.8 Å². The molecule has 2 N–H and O–H groups in total. The molecule has 0 unspecified atom stereocenters. The Balaban J connectivity index is 1.76. The SMILES string of the molecule is CC(=O)OC[C@]12[C@H](OC(C)=O)[C@H](OC(C)=O)[C@@H]3[C@@H](OC(C)=O)[C@@]14O[C@@]3(C)COC(=O)c1cccnc1[C@@H](C)[C@H](C)C(=O)O[C@@H]([C@H](O)[C@@H]2OC(=O)c1cccnc1)[C@]4(C)O. The van der Waals surface area contributed by atoms with Crippen LogP contribution in [-0.2, 0) is 61.9 Å². The minimum Gasteiger partial charge on any atom is -0.465 e. The third kappa shape index (κ3) is 6.87. The van der Waals surface area contributed by atoms with Gasteiger partial charge in [-0.05, 0) is 38.1 Å². The summed E-state index contributed by atoms with van der Waals surface area (Å²) >= 11 is 0. The predicted octanol–water partition coefficient (Wildman–Crippen LogP) is 1.15. The van der Waals surface area contributed by atoms with Gasteiger partial charge in [0.15, 0.2) is 17.8 Å². The standard InChI is InChI=1S/C40H46N2O17/c1-18-19(2)34(48)57-31-28(47)32(58-35(49)24-11-9-13-41-15-24)39(17-52-20(3)43)33(56-23(6)46)29(54-21(4)44)26-30(55-22(5)45)40(39,38(31,8)51)59-37(26,7)16-53-36(50)25-12-10-14-42-27(18)25/h9-15,18-19,26,28-33,47,51H,16-17H2,1-8H3/t18-,19-,26+,28-,29+,30+,31-,32-,33+,37-,38-,39-,40-/m0/s1. The third-order valence-electron chi connectivity index (χ3n) is 12.0. The number of pyridine rings is 2. The van der Waals surface area contributed by atoms with E-state index in [4.69, 9.17) is 37.9 Å². The van der Waals surface area contributed by atoms with Gasteiger partial charge in [0.2, 0.25) is 0 Å². The Hall–Kier alpha value is -5.53. The van der Waals surface area contributed by atoms with Crippen LogP contribution in [0.2, 0.25) is 0 Å². The Kier molecular flexibility index (Phi) is 11.4. The fourth-order valence-corrected chi connectivity index (χ4v) is 9.45. The van der Waals surface area contributed by atoms with Crippen LogP contribution in [0.5, 0.6) is 0 Å². The van der Waals surface area contributed by atoms with Crippen LogP contribution in [0.3, 0.4) is 0 Å². The highest BCUT2D eigenvalue weighted by Crippen LogP contribution is 2.70. The van der Waals surface area contributed by atoms with Crippen molar-refractivity contribution in [2.45, 2.75) is 115 Å². The molecule has 0 radical (unpaired) electrons. The lowest BCUT2D eigenvalue weighted by Crippen LogP contribution is -2.89. The van der Waals surface area contributed by atoms with Crippen molar-refractivity contribution in [2.75, 3.05) is 13.2 Å². The van der Waals surface area contributed by atoms with Crippen molar-refractivity contribution in [1.29, 1.82) is 0 Å². The van der Waals surface area contributed by atoms with Crippen LogP contribution in [0.25, 0.3) is 0 Å². The van der Waals surface area contributed by atoms with E-state index in [-0.39, 0.29) is 16.8 Å². The molecule has 4 bridgehead atoms. The molecule has 2 aliphatic carbocycles. The number of aromatic nitrogens is 2. The first-order valence-corrected chi connectivity index (χ1v) is 18.8. The number of aliphatic hydroxyl groups is 2. The van der Waals surface area contributed by atoms with E-state index in [0.717, 1.165) is 40.8 Å². The van der Waals surface area contributed by atoms with Gasteiger partial charge >= 0.3 is 41.8 Å². The normalized spacial score (nSPS) is 37.4. The molecule has 1 saturated heterocycles. The van der Waals surface area contributed by atoms with Crippen LogP contribution >= 0.6 is 0 Å². The van der Waals surface area contributed by atoms with Gasteiger partial charge in [-0.2, -0.15) is 0 Å². The molecular formula is C40H46N2O17. The van der Waals surface area contributed by atoms with E-state index in [0.29, 0.717) is 0 Å². The zero-order chi connectivity index (χ0) is 43.4. The molecule has 59 heavy (non-hydrogen) atoms. The van der Waals surface area contributed by atoms with Gasteiger partial charge in [0.1, 0.15) is 54.2 Å². The lowest BCUT2D eigenvalue weighted by molar-refractivity contribution is -0.385. The van der Waals surface area contributed by atoms with E-state index in [1.54, 1.807) is 6.92 Å². The first kappa shape index (κ1) is 43.1. The van der Waals surface area contributed by atoms with Gasteiger partial charge in [0.25, 0.3) is 0 Å². The molecule has 318 valence electrons. The van der Waals surface area contributed by atoms with Gasteiger partial charge in [0, 0.05) is 52.2 Å². The molecule has 2 aromatic rings. The third-order valence-corrected chi connectivity index (χ3v) is 12.0. The smallest absolute Gasteiger partial charge is 0.340 e. The fraction of sp³-hybridized carbons (Fsp3) is 0.575. The summed E-state index contributed by atoms with van der Waals surface area (Å²) in [6.45, 7) is 7.72. The highest BCUT2D eigenvalue weighted by atomic mass is 16.7. The Bertz CT molecular complexity index is 2040. The Morgan fingerprint density at radius 1 is 0.847 bits per heavy atom. The van der Waals surface area contributed by atoms with E-state index in [1.807, 2.05) is 0 Å². The maximum Gasteiger partial charge on any atom is 0.340 e. The Morgan fingerprint density at radius 2 is 1.49 bits per heavy atom. The maximum absolute atomic E-state index is 14.3. The maximum atomic E-state index is 14.3. The number of carbonyl (C=O) groups is 7. The summed E-state index contributed by atoms with van der Waals surface area (Å²) in [5.74, 6) is -10.7. The molecule has 2 saturated carbocycles. The number of aliphatic hydroxyl groups excluding tert-OH is 1. The highest BCUT2D eigenvalue weighted by molar-refractivity contribution is 5.91. The van der Waals surface area contributed by atoms with Gasteiger partial charge in [-0.25, -0.2) is 9.59 Å². The number of hydrogen-bond donors (Lipinski definition) is 2. The topological polar surface area (TPSA) is 260 Å². The first-order valence-electron chi connectivity index (χ1n) is 18.8. The van der Waals surface area contributed by atoms with Crippen LogP contribution in [0, 0.1) is 17.3 Å². The van der Waals surface area contributed by atoms with Gasteiger partial charge < -0.3 is 48.1 Å². The van der Waals surface area contributed by atoms with Crippen LogP contribution in [0.4, 0.5) is 0 Å². The lowest BCUT2D eigenvalue weighted by atomic mass is 9.45. The second-order valence-electron chi connectivity index (χ2n) is 15.8. The Labute approximate surface area is 337 Å². The van der Waals surface area contributed by atoms with Crippen LogP contribution < -0.4 is 0 Å². The van der Waals surface area contributed by atoms with Crippen molar-refractivity contribution in [2.24, 2.45) is 17.3 Å². The molecular weight excluding hydrogens is 780 g/mol. The fourth-order valence-electron chi connectivity index (χ4n) is 9.45. The van der Waals surface area contributed by atoms with Crippen LogP contribution in [0.1, 0.15) is 87.7 Å². The first-order chi connectivity index (χ1) is 27.6. The number of ether oxygens (including phenoxy) is 8. The van der Waals surface area contributed by atoms with Gasteiger partial charge in [-0.1, -0.05) is 13.8 Å². The number of nitrogens with zero attached hydrogens (tertiary/aromatic N) is 2. The van der Waals surface area contributed by atoms with Crippen molar-refractivity contribution in [1.82, 2.24) is 9.97 Å². The molecule has 13 atom stereocenters. The summed E-state index contributed by atoms with van der Waals surface area (Å²) in [7, 11) is 0. The van der Waals surface area contributed by atoms with Crippen molar-refractivity contribution in [3.8, 4) is 0 Å². The molecule has 6 rings (SSSR count). The molecule has 3 fully saturated rings. The van der Waals surface area contributed by atoms with Crippen LogP contribution in [-0.4, -0.2) is 129 Å². The summed E-state index contributed by atoms with van der Waals surface area (Å²) in [6.07, 6.45) is -8.53. The summed E-state index contributed by atoms with van der Waals surface area (Å²) in [5, 5.41) is 26.0. The molecule has 0 amide bonds. The second-order valence-corrected chi connectivity index (χ2v) is 15.8.